The van der Waals surface area contributed by atoms with E-state index in [0.29, 0.717) is 19.0 Å². The van der Waals surface area contributed by atoms with Gasteiger partial charge in [-0.15, -0.1) is 0 Å². The Bertz CT molecular complexity index is 964. The summed E-state index contributed by atoms with van der Waals surface area (Å²) in [6, 6.07) is 6.09. The maximum Gasteiger partial charge on any atom is 0.173 e. The van der Waals surface area contributed by atoms with Gasteiger partial charge in [-0.2, -0.15) is 4.40 Å². The summed E-state index contributed by atoms with van der Waals surface area (Å²) >= 11 is 3.56. The summed E-state index contributed by atoms with van der Waals surface area (Å²) in [6.45, 7) is 12.2. The van der Waals surface area contributed by atoms with Crippen LogP contribution in [0.4, 0.5) is 5.82 Å². The van der Waals surface area contributed by atoms with Gasteiger partial charge >= 0.3 is 0 Å². The lowest BCUT2D eigenvalue weighted by Gasteiger charge is -2.26. The van der Waals surface area contributed by atoms with E-state index in [1.807, 2.05) is 32.9 Å². The van der Waals surface area contributed by atoms with Crippen molar-refractivity contribution in [3.63, 3.8) is 0 Å². The van der Waals surface area contributed by atoms with Crippen LogP contribution in [0.3, 0.4) is 0 Å². The molecule has 6 nitrogen and oxygen atoms in total. The summed E-state index contributed by atoms with van der Waals surface area (Å²) in [6.07, 6.45) is 2.35. The molecule has 0 radical (unpaired) electrons. The van der Waals surface area contributed by atoms with E-state index in [1.54, 1.807) is 6.21 Å². The molecule has 3 rings (SSSR count). The first-order chi connectivity index (χ1) is 14.3. The largest absolute Gasteiger partial charge is 0.491 e. The molecule has 0 spiro atoms. The van der Waals surface area contributed by atoms with Gasteiger partial charge in [0.2, 0.25) is 0 Å². The van der Waals surface area contributed by atoms with Gasteiger partial charge in [0.25, 0.3) is 0 Å². The van der Waals surface area contributed by atoms with E-state index in [-0.39, 0.29) is 11.2 Å². The normalized spacial score (nSPS) is 16.3. The lowest BCUT2D eigenvalue weighted by molar-refractivity contribution is 0.331. The van der Waals surface area contributed by atoms with E-state index in [4.69, 9.17) is 9.72 Å². The second-order valence-electron chi connectivity index (χ2n) is 7.81. The zero-order chi connectivity index (χ0) is 21.8. The minimum atomic E-state index is -1.28. The first-order valence-corrected chi connectivity index (χ1v) is 12.3. The number of benzene rings is 1. The van der Waals surface area contributed by atoms with Crippen LogP contribution in [0, 0.1) is 6.92 Å². The van der Waals surface area contributed by atoms with Crippen molar-refractivity contribution in [2.75, 3.05) is 18.1 Å². The van der Waals surface area contributed by atoms with E-state index < -0.39 is 11.0 Å². The molecule has 0 saturated carbocycles. The molecule has 1 aliphatic heterocycles. The molecule has 8 heteroatoms. The lowest BCUT2D eigenvalue weighted by atomic mass is 10.0. The number of aromatic nitrogens is 2. The molecule has 0 saturated heterocycles. The molecule has 1 aliphatic rings. The molecule has 0 fully saturated rings. The van der Waals surface area contributed by atoms with Crippen LogP contribution in [0.2, 0.25) is 0 Å². The van der Waals surface area contributed by atoms with E-state index in [9.17, 15) is 4.21 Å². The summed E-state index contributed by atoms with van der Waals surface area (Å²) < 4.78 is 23.4. The third-order valence-corrected chi connectivity index (χ3v) is 7.03. The molecule has 2 heterocycles. The Kier molecular flexibility index (Phi) is 7.63. The Morgan fingerprint density at radius 2 is 2.10 bits per heavy atom. The average Bonchev–Trinajstić information content (AvgIpc) is 2.92. The molecule has 1 aromatic carbocycles. The van der Waals surface area contributed by atoms with Gasteiger partial charge in [-0.3, -0.25) is 0 Å². The summed E-state index contributed by atoms with van der Waals surface area (Å²) in [7, 11) is -1.28. The van der Waals surface area contributed by atoms with E-state index in [0.717, 1.165) is 45.8 Å². The Morgan fingerprint density at radius 1 is 1.33 bits per heavy atom. The van der Waals surface area contributed by atoms with Crippen molar-refractivity contribution in [3.8, 4) is 5.75 Å². The van der Waals surface area contributed by atoms with Crippen LogP contribution in [0.5, 0.6) is 5.75 Å². The maximum atomic E-state index is 12.2. The molecular weight excluding hydrogens is 464 g/mol. The number of nitrogens with zero attached hydrogens (tertiary/aromatic N) is 4. The number of rotatable bonds is 6. The zero-order valence-electron chi connectivity index (χ0n) is 18.2. The van der Waals surface area contributed by atoms with Gasteiger partial charge < -0.3 is 9.64 Å². The highest BCUT2D eigenvalue weighted by Crippen LogP contribution is 2.33. The fourth-order valence-corrected chi connectivity index (χ4v) is 4.55. The van der Waals surface area contributed by atoms with Crippen molar-refractivity contribution in [2.24, 2.45) is 4.40 Å². The number of halogens is 1. The monoisotopic (exact) mass is 492 g/mol. The summed E-state index contributed by atoms with van der Waals surface area (Å²) in [5.74, 6) is 2.56. The van der Waals surface area contributed by atoms with Crippen LogP contribution in [-0.2, 0) is 17.5 Å². The number of hydrogen-bond acceptors (Lipinski definition) is 5. The standard InChI is InChI=1S/C22H29BrN4O2S/c1-6-15(4)30(28)24-12-20-25-16(5)21(14(2)3)22(26-20)27-9-10-29-19-8-7-18(23)11-17(19)13-27/h7-8,11-12,14-15H,6,9-10,13H2,1-5H3/b24-12+/t15-,30?/m1/s1. The zero-order valence-corrected chi connectivity index (χ0v) is 20.6. The quantitative estimate of drug-likeness (QED) is 0.533. The molecule has 1 aromatic heterocycles. The Morgan fingerprint density at radius 3 is 2.80 bits per heavy atom. The summed E-state index contributed by atoms with van der Waals surface area (Å²) in [4.78, 5) is 11.7. The van der Waals surface area contributed by atoms with Crippen LogP contribution in [0.25, 0.3) is 0 Å². The van der Waals surface area contributed by atoms with E-state index in [1.165, 1.54) is 0 Å². The molecule has 1 unspecified atom stereocenters. The van der Waals surface area contributed by atoms with Crippen LogP contribution < -0.4 is 9.64 Å². The second kappa shape index (κ2) is 10.0. The number of anilines is 1. The summed E-state index contributed by atoms with van der Waals surface area (Å²) in [5.41, 5.74) is 3.15. The maximum absolute atomic E-state index is 12.2. The fraction of sp³-hybridized carbons (Fsp3) is 0.500. The van der Waals surface area contributed by atoms with Crippen LogP contribution in [-0.4, -0.2) is 38.8 Å². The van der Waals surface area contributed by atoms with Crippen molar-refractivity contribution < 1.29 is 8.95 Å². The van der Waals surface area contributed by atoms with Gasteiger partial charge in [-0.05, 0) is 44.4 Å². The fourth-order valence-electron chi connectivity index (χ4n) is 3.45. The minimum absolute atomic E-state index is 0.00876. The first-order valence-electron chi connectivity index (χ1n) is 10.3. The van der Waals surface area contributed by atoms with Gasteiger partial charge in [-0.1, -0.05) is 36.7 Å². The van der Waals surface area contributed by atoms with E-state index >= 15 is 0 Å². The minimum Gasteiger partial charge on any atom is -0.491 e. The Hall–Kier alpha value is -1.80. The SMILES string of the molecule is CC[C@@H](C)S(=O)/N=C/c1nc(C)c(C(C)C)c(N2CCOc3ccc(Br)cc3C2)n1. The molecule has 0 aliphatic carbocycles. The number of fused-ring (bicyclic) bond motifs is 1. The number of aryl methyl sites for hydroxylation is 1. The van der Waals surface area contributed by atoms with Crippen LogP contribution >= 0.6 is 15.9 Å². The van der Waals surface area contributed by atoms with Gasteiger partial charge in [-0.25, -0.2) is 14.2 Å². The van der Waals surface area contributed by atoms with Gasteiger partial charge in [0, 0.05) is 27.8 Å². The van der Waals surface area contributed by atoms with Gasteiger partial charge in [0.1, 0.15) is 29.2 Å². The highest BCUT2D eigenvalue weighted by molar-refractivity contribution is 9.10. The predicted octanol–water partition coefficient (Wildman–Crippen LogP) is 4.95. The second-order valence-corrected chi connectivity index (χ2v) is 10.3. The molecule has 0 bridgehead atoms. The van der Waals surface area contributed by atoms with Crippen molar-refractivity contribution in [1.82, 2.24) is 9.97 Å². The van der Waals surface area contributed by atoms with Gasteiger partial charge in [0.15, 0.2) is 5.82 Å². The Balaban J connectivity index is 2.00. The topological polar surface area (TPSA) is 67.7 Å². The summed E-state index contributed by atoms with van der Waals surface area (Å²) in [5, 5.41) is 0.00876. The Labute approximate surface area is 189 Å². The number of hydrogen-bond donors (Lipinski definition) is 0. The highest BCUT2D eigenvalue weighted by atomic mass is 79.9. The lowest BCUT2D eigenvalue weighted by Crippen LogP contribution is -2.28. The number of ether oxygens (including phenoxy) is 1. The molecule has 2 aromatic rings. The first kappa shape index (κ1) is 22.9. The molecular formula is C22H29BrN4O2S. The van der Waals surface area contributed by atoms with Crippen molar-refractivity contribution in [2.45, 2.75) is 58.8 Å². The van der Waals surface area contributed by atoms with Crippen LogP contribution in [0.1, 0.15) is 62.7 Å². The molecule has 30 heavy (non-hydrogen) atoms. The third kappa shape index (κ3) is 5.27. The van der Waals surface area contributed by atoms with E-state index in [2.05, 4.69) is 50.1 Å². The molecule has 162 valence electrons. The molecule has 0 amide bonds. The van der Waals surface area contributed by atoms with Crippen LogP contribution in [0.15, 0.2) is 27.1 Å². The van der Waals surface area contributed by atoms with Crippen molar-refractivity contribution >= 4 is 38.9 Å². The smallest absolute Gasteiger partial charge is 0.173 e. The van der Waals surface area contributed by atoms with Crippen molar-refractivity contribution in [1.29, 1.82) is 0 Å². The molecule has 2 atom stereocenters. The average molecular weight is 493 g/mol. The van der Waals surface area contributed by atoms with Crippen molar-refractivity contribution in [3.05, 3.63) is 45.3 Å². The highest BCUT2D eigenvalue weighted by Gasteiger charge is 2.23. The van der Waals surface area contributed by atoms with Gasteiger partial charge in [0.05, 0.1) is 18.0 Å². The predicted molar refractivity (Wildman–Crippen MR) is 127 cm³/mol. The molecule has 0 N–H and O–H groups in total. The third-order valence-electron chi connectivity index (χ3n) is 5.20.